The number of sulfonamides is 1. The predicted molar refractivity (Wildman–Crippen MR) is 112 cm³/mol. The number of anilines is 2. The van der Waals surface area contributed by atoms with Crippen LogP contribution in [0.1, 0.15) is 31.7 Å². The molecule has 3 aromatic heterocycles. The Bertz CT molecular complexity index is 1270. The molecule has 0 aromatic carbocycles. The topological polar surface area (TPSA) is 155 Å². The Morgan fingerprint density at radius 3 is 2.70 bits per heavy atom. The monoisotopic (exact) mass is 433 g/mol. The fraction of sp³-hybridized carbons (Fsp3) is 0.444. The van der Waals surface area contributed by atoms with E-state index in [4.69, 9.17) is 0 Å². The minimum Gasteiger partial charge on any atom is -0.327 e. The van der Waals surface area contributed by atoms with Gasteiger partial charge in [-0.05, 0) is 50.8 Å². The van der Waals surface area contributed by atoms with E-state index in [1.54, 1.807) is 16.7 Å². The van der Waals surface area contributed by atoms with E-state index in [9.17, 15) is 18.0 Å². The van der Waals surface area contributed by atoms with Crippen LogP contribution < -0.4 is 21.3 Å². The maximum absolute atomic E-state index is 12.6. The van der Waals surface area contributed by atoms with Crippen molar-refractivity contribution < 1.29 is 8.42 Å². The molecule has 0 amide bonds. The van der Waals surface area contributed by atoms with E-state index < -0.39 is 10.0 Å². The van der Waals surface area contributed by atoms with Crippen LogP contribution in [0.3, 0.4) is 0 Å². The third kappa shape index (κ3) is 4.14. The molecule has 1 saturated carbocycles. The van der Waals surface area contributed by atoms with Crippen molar-refractivity contribution in [2.24, 2.45) is 5.92 Å². The molecular weight excluding hydrogens is 410 g/mol. The zero-order valence-corrected chi connectivity index (χ0v) is 17.2. The molecule has 1 aliphatic carbocycles. The van der Waals surface area contributed by atoms with Gasteiger partial charge in [0.25, 0.3) is 5.56 Å². The Hall–Kier alpha value is -2.99. The number of hydrogen-bond acceptors (Lipinski definition) is 7. The highest BCUT2D eigenvalue weighted by Crippen LogP contribution is 2.33. The molecule has 0 saturated heterocycles. The van der Waals surface area contributed by atoms with Crippen molar-refractivity contribution in [3.8, 4) is 0 Å². The SMILES string of the molecule is CNS(=O)(=O)CC1CCC(n2c(=O)[nH]c3cnc(Nc4ccc[nH]c4=O)nc32)CC1. The van der Waals surface area contributed by atoms with Crippen molar-refractivity contribution in [2.45, 2.75) is 31.7 Å². The number of pyridine rings is 1. The molecule has 30 heavy (non-hydrogen) atoms. The first-order valence-electron chi connectivity index (χ1n) is 9.69. The Morgan fingerprint density at radius 1 is 1.23 bits per heavy atom. The molecule has 0 unspecified atom stereocenters. The van der Waals surface area contributed by atoms with Crippen LogP contribution in [0.4, 0.5) is 11.6 Å². The molecule has 1 aliphatic rings. The van der Waals surface area contributed by atoms with E-state index in [0.717, 1.165) is 0 Å². The molecule has 3 heterocycles. The van der Waals surface area contributed by atoms with Crippen molar-refractivity contribution in [1.82, 2.24) is 29.2 Å². The van der Waals surface area contributed by atoms with Crippen molar-refractivity contribution >= 4 is 32.8 Å². The molecule has 0 radical (unpaired) electrons. The number of H-pyrrole nitrogens is 2. The zero-order chi connectivity index (χ0) is 21.3. The normalized spacial score (nSPS) is 19.8. The number of hydrogen-bond donors (Lipinski definition) is 4. The molecule has 0 aliphatic heterocycles. The molecule has 1 fully saturated rings. The third-order valence-corrected chi connectivity index (χ3v) is 7.00. The van der Waals surface area contributed by atoms with Gasteiger partial charge in [0.2, 0.25) is 16.0 Å². The summed E-state index contributed by atoms with van der Waals surface area (Å²) >= 11 is 0. The first-order valence-corrected chi connectivity index (χ1v) is 11.3. The van der Waals surface area contributed by atoms with E-state index in [1.807, 2.05) is 0 Å². The summed E-state index contributed by atoms with van der Waals surface area (Å²) in [7, 11) is -1.84. The Labute approximate surface area is 172 Å². The van der Waals surface area contributed by atoms with E-state index in [-0.39, 0.29) is 34.9 Å². The maximum atomic E-state index is 12.6. The highest BCUT2D eigenvalue weighted by Gasteiger charge is 2.28. The van der Waals surface area contributed by atoms with Gasteiger partial charge in [-0.3, -0.25) is 9.36 Å². The van der Waals surface area contributed by atoms with Gasteiger partial charge in [-0.1, -0.05) is 0 Å². The lowest BCUT2D eigenvalue weighted by molar-refractivity contribution is 0.290. The van der Waals surface area contributed by atoms with Gasteiger partial charge in [-0.25, -0.2) is 22.9 Å². The van der Waals surface area contributed by atoms with E-state index >= 15 is 0 Å². The van der Waals surface area contributed by atoms with Gasteiger partial charge < -0.3 is 15.3 Å². The predicted octanol–water partition coefficient (Wildman–Crippen LogP) is 0.832. The second kappa shape index (κ2) is 8.03. The number of imidazole rings is 1. The summed E-state index contributed by atoms with van der Waals surface area (Å²) in [6.45, 7) is 0. The molecule has 12 heteroatoms. The van der Waals surface area contributed by atoms with Crippen LogP contribution in [0.15, 0.2) is 34.1 Å². The number of fused-ring (bicyclic) bond motifs is 1. The zero-order valence-electron chi connectivity index (χ0n) is 16.4. The number of nitrogens with zero attached hydrogens (tertiary/aromatic N) is 3. The molecule has 4 N–H and O–H groups in total. The van der Waals surface area contributed by atoms with E-state index in [2.05, 4.69) is 30.0 Å². The Balaban J connectivity index is 1.57. The minimum atomic E-state index is -3.25. The molecule has 160 valence electrons. The quantitative estimate of drug-likeness (QED) is 0.449. The fourth-order valence-electron chi connectivity index (χ4n) is 3.92. The Morgan fingerprint density at radius 2 is 2.00 bits per heavy atom. The highest BCUT2D eigenvalue weighted by molar-refractivity contribution is 7.89. The van der Waals surface area contributed by atoms with Gasteiger partial charge in [-0.2, -0.15) is 4.98 Å². The van der Waals surface area contributed by atoms with Gasteiger partial charge in [-0.15, -0.1) is 0 Å². The molecule has 4 rings (SSSR count). The van der Waals surface area contributed by atoms with E-state index in [1.165, 1.54) is 19.4 Å². The highest BCUT2D eigenvalue weighted by atomic mass is 32.2. The number of aromatic nitrogens is 5. The largest absolute Gasteiger partial charge is 0.327 e. The number of nitrogens with one attached hydrogen (secondary N) is 4. The summed E-state index contributed by atoms with van der Waals surface area (Å²) in [5, 5.41) is 2.87. The molecule has 0 atom stereocenters. The summed E-state index contributed by atoms with van der Waals surface area (Å²) in [5.74, 6) is 0.373. The van der Waals surface area contributed by atoms with Gasteiger partial charge in [0.1, 0.15) is 11.2 Å². The van der Waals surface area contributed by atoms with Crippen LogP contribution in [0.25, 0.3) is 11.2 Å². The average molecular weight is 433 g/mol. The molecule has 11 nitrogen and oxygen atoms in total. The van der Waals surface area contributed by atoms with Crippen LogP contribution >= 0.6 is 0 Å². The molecular formula is C18H23N7O4S. The average Bonchev–Trinajstić information content (AvgIpc) is 3.05. The van der Waals surface area contributed by atoms with Crippen molar-refractivity contribution in [1.29, 1.82) is 0 Å². The summed E-state index contributed by atoms with van der Waals surface area (Å²) in [5.41, 5.74) is 0.680. The van der Waals surface area contributed by atoms with Gasteiger partial charge in [0.05, 0.1) is 11.9 Å². The lowest BCUT2D eigenvalue weighted by Gasteiger charge is -2.28. The van der Waals surface area contributed by atoms with Gasteiger partial charge in [0, 0.05) is 12.2 Å². The molecule has 0 spiro atoms. The van der Waals surface area contributed by atoms with Gasteiger partial charge in [0.15, 0.2) is 5.65 Å². The second-order valence-corrected chi connectivity index (χ2v) is 9.40. The summed E-state index contributed by atoms with van der Waals surface area (Å²) in [6, 6.07) is 3.21. The Kier molecular flexibility index (Phi) is 5.43. The van der Waals surface area contributed by atoms with Crippen LogP contribution in [0.2, 0.25) is 0 Å². The fourth-order valence-corrected chi connectivity index (χ4v) is 5.04. The first-order chi connectivity index (χ1) is 14.4. The standard InChI is InChI=1S/C18H23N7O4S/c1-19-30(28,29)10-11-4-6-12(7-5-11)25-15-14(23-18(25)27)9-21-17(24-15)22-13-3-2-8-20-16(13)26/h2-3,8-9,11-12,19H,4-7,10H2,1H3,(H,20,26)(H,23,27)(H,21,22,24). The molecule has 0 bridgehead atoms. The van der Waals surface area contributed by atoms with Crippen LogP contribution in [-0.2, 0) is 10.0 Å². The molecule has 3 aromatic rings. The van der Waals surface area contributed by atoms with Crippen LogP contribution in [0, 0.1) is 5.92 Å². The lowest BCUT2D eigenvalue weighted by Crippen LogP contribution is -2.31. The third-order valence-electron chi connectivity index (χ3n) is 5.47. The lowest BCUT2D eigenvalue weighted by atomic mass is 9.87. The number of rotatable bonds is 6. The first kappa shape index (κ1) is 20.3. The smallest absolute Gasteiger partial charge is 0.327 e. The van der Waals surface area contributed by atoms with E-state index in [0.29, 0.717) is 42.5 Å². The second-order valence-electron chi connectivity index (χ2n) is 7.43. The summed E-state index contributed by atoms with van der Waals surface area (Å²) in [6.07, 6.45) is 5.81. The number of aromatic amines is 2. The van der Waals surface area contributed by atoms with Crippen LogP contribution in [0.5, 0.6) is 0 Å². The summed E-state index contributed by atoms with van der Waals surface area (Å²) in [4.78, 5) is 38.4. The van der Waals surface area contributed by atoms with Crippen molar-refractivity contribution in [3.63, 3.8) is 0 Å². The summed E-state index contributed by atoms with van der Waals surface area (Å²) < 4.78 is 27.6. The van der Waals surface area contributed by atoms with Crippen LogP contribution in [-0.4, -0.2) is 45.7 Å². The van der Waals surface area contributed by atoms with Crippen molar-refractivity contribution in [2.75, 3.05) is 18.1 Å². The van der Waals surface area contributed by atoms with Crippen molar-refractivity contribution in [3.05, 3.63) is 45.4 Å². The van der Waals surface area contributed by atoms with Gasteiger partial charge >= 0.3 is 5.69 Å². The maximum Gasteiger partial charge on any atom is 0.327 e. The minimum absolute atomic E-state index is 0.0660.